The molecule has 0 saturated carbocycles. The van der Waals surface area contributed by atoms with Crippen molar-refractivity contribution in [1.82, 2.24) is 19.1 Å². The van der Waals surface area contributed by atoms with E-state index in [4.69, 9.17) is 9.97 Å². The highest BCUT2D eigenvalue weighted by atomic mass is 15.0. The molecule has 0 bridgehead atoms. The van der Waals surface area contributed by atoms with Crippen molar-refractivity contribution in [2.24, 2.45) is 0 Å². The maximum Gasteiger partial charge on any atom is 0.160 e. The first kappa shape index (κ1) is 45.0. The topological polar surface area (TPSA) is 35.6 Å². The molecule has 0 atom stereocenters. The van der Waals surface area contributed by atoms with E-state index in [0.717, 1.165) is 100 Å². The summed E-state index contributed by atoms with van der Waals surface area (Å²) in [7, 11) is 0. The number of fused-ring (bicyclic) bond motifs is 6. The lowest BCUT2D eigenvalue weighted by Crippen LogP contribution is -1.97. The van der Waals surface area contributed by atoms with E-state index in [2.05, 4.69) is 277 Å². The summed E-state index contributed by atoms with van der Waals surface area (Å²) in [6.45, 7) is 6.72. The van der Waals surface area contributed by atoms with E-state index in [1.807, 2.05) is 18.2 Å². The minimum absolute atomic E-state index is 0.674. The lowest BCUT2D eigenvalue weighted by Gasteiger charge is -2.12. The Morgan fingerprint density at radius 2 is 0.813 bits per heavy atom. The van der Waals surface area contributed by atoms with E-state index in [-0.39, 0.29) is 0 Å². The van der Waals surface area contributed by atoms with Crippen LogP contribution < -0.4 is 0 Å². The van der Waals surface area contributed by atoms with Crippen LogP contribution in [0.4, 0.5) is 0 Å². The van der Waals surface area contributed by atoms with Crippen LogP contribution >= 0.6 is 0 Å². The molecule has 0 saturated heterocycles. The monoisotopic (exact) mass is 958 g/mol. The molecule has 0 fully saturated rings. The summed E-state index contributed by atoms with van der Waals surface area (Å²) in [5.41, 5.74) is 20.4. The van der Waals surface area contributed by atoms with Crippen LogP contribution in [0.3, 0.4) is 0 Å². The van der Waals surface area contributed by atoms with Gasteiger partial charge in [0.1, 0.15) is 0 Å². The fourth-order valence-electron chi connectivity index (χ4n) is 10.7. The summed E-state index contributed by atoms with van der Waals surface area (Å²) in [4.78, 5) is 10.5. The van der Waals surface area contributed by atoms with Gasteiger partial charge in [0.25, 0.3) is 0 Å². The van der Waals surface area contributed by atoms with Crippen molar-refractivity contribution in [2.75, 3.05) is 0 Å². The zero-order valence-electron chi connectivity index (χ0n) is 41.5. The van der Waals surface area contributed by atoms with Crippen LogP contribution in [-0.4, -0.2) is 19.1 Å². The molecular formula is C71H50N4. The Balaban J connectivity index is 0.942. The number of rotatable bonds is 11. The van der Waals surface area contributed by atoms with Gasteiger partial charge in [-0.1, -0.05) is 207 Å². The fourth-order valence-corrected chi connectivity index (χ4v) is 10.7. The average molecular weight is 959 g/mol. The molecule has 0 amide bonds. The normalized spacial score (nSPS) is 12.0. The number of para-hydroxylation sites is 2. The van der Waals surface area contributed by atoms with Gasteiger partial charge in [-0.25, -0.2) is 9.97 Å². The highest BCUT2D eigenvalue weighted by molar-refractivity contribution is 6.13. The predicted molar refractivity (Wildman–Crippen MR) is 316 cm³/mol. The van der Waals surface area contributed by atoms with Crippen molar-refractivity contribution in [3.05, 3.63) is 291 Å². The minimum atomic E-state index is 0.674. The zero-order valence-corrected chi connectivity index (χ0v) is 41.5. The standard InChI is InChI=1S/C71H50N4/c1-48(50-20-7-3-8-21-50)42-59(51-22-9-4-10-23-51)43-49(2)74-69-40-38-57(53-36-34-52(35-37-53)56-28-19-29-60(44-56)75-67-32-17-15-30-61(67)62-31-16-18-33-68(62)75)45-63(69)64-46-58(39-41-70(64)74)71-72-65(54-24-11-5-12-25-54)47-66(73-71)55-26-13-6-14-27-55/h3-47H,1H2,2H3/b49-43+,59-42+. The highest BCUT2D eigenvalue weighted by Crippen LogP contribution is 2.40. The van der Waals surface area contributed by atoms with Crippen LogP contribution in [0.1, 0.15) is 18.1 Å². The second-order valence-electron chi connectivity index (χ2n) is 19.1. The Kier molecular flexibility index (Phi) is 11.6. The van der Waals surface area contributed by atoms with Gasteiger partial charge in [-0.05, 0) is 124 Å². The second-order valence-corrected chi connectivity index (χ2v) is 19.1. The molecule has 0 aliphatic rings. The molecule has 4 nitrogen and oxygen atoms in total. The summed E-state index contributed by atoms with van der Waals surface area (Å²) in [5.74, 6) is 0.674. The molecule has 3 heterocycles. The molecule has 3 aromatic heterocycles. The third kappa shape index (κ3) is 8.54. The van der Waals surface area contributed by atoms with Crippen LogP contribution in [0.25, 0.3) is 122 Å². The summed E-state index contributed by atoms with van der Waals surface area (Å²) in [6.07, 6.45) is 4.49. The summed E-state index contributed by atoms with van der Waals surface area (Å²) in [5, 5.41) is 4.77. The van der Waals surface area contributed by atoms with Gasteiger partial charge in [0.2, 0.25) is 0 Å². The molecule has 0 unspecified atom stereocenters. The van der Waals surface area contributed by atoms with Crippen LogP contribution in [0, 0.1) is 0 Å². The van der Waals surface area contributed by atoms with Gasteiger partial charge in [0.05, 0.1) is 33.5 Å². The van der Waals surface area contributed by atoms with Crippen LogP contribution in [0.15, 0.2) is 280 Å². The Hall–Kier alpha value is -9.90. The summed E-state index contributed by atoms with van der Waals surface area (Å²) >= 11 is 0. The Morgan fingerprint density at radius 3 is 1.39 bits per heavy atom. The Labute approximate surface area is 436 Å². The van der Waals surface area contributed by atoms with Crippen molar-refractivity contribution >= 4 is 60.5 Å². The molecule has 13 rings (SSSR count). The van der Waals surface area contributed by atoms with Gasteiger partial charge < -0.3 is 9.13 Å². The molecule has 0 aliphatic carbocycles. The van der Waals surface area contributed by atoms with Crippen molar-refractivity contribution in [3.8, 4) is 61.8 Å². The third-order valence-electron chi connectivity index (χ3n) is 14.4. The van der Waals surface area contributed by atoms with Crippen LogP contribution in [0.2, 0.25) is 0 Å². The van der Waals surface area contributed by atoms with Crippen LogP contribution in [0.5, 0.6) is 0 Å². The van der Waals surface area contributed by atoms with Gasteiger partial charge >= 0.3 is 0 Å². The Bertz CT molecular complexity index is 4220. The molecule has 0 N–H and O–H groups in total. The third-order valence-corrected chi connectivity index (χ3v) is 14.4. The number of allylic oxidation sites excluding steroid dienone is 5. The van der Waals surface area contributed by atoms with Gasteiger partial charge in [0, 0.05) is 49.6 Å². The van der Waals surface area contributed by atoms with E-state index in [1.54, 1.807) is 0 Å². The van der Waals surface area contributed by atoms with E-state index in [1.165, 1.54) is 27.4 Å². The molecule has 0 aliphatic heterocycles. The molecule has 13 aromatic rings. The number of benzene rings is 10. The lowest BCUT2D eigenvalue weighted by atomic mass is 9.98. The smallest absolute Gasteiger partial charge is 0.160 e. The zero-order chi connectivity index (χ0) is 50.2. The SMILES string of the molecule is C=C(/C=C(\C=C(/C)n1c2ccc(-c3ccc(-c4cccc(-n5c6ccccc6c6ccccc65)c4)cc3)cc2c2cc(-c3nc(-c4ccccc4)cc(-c4ccccc4)n3)ccc21)c1ccccc1)c1ccccc1. The number of nitrogens with zero attached hydrogens (tertiary/aromatic N) is 4. The van der Waals surface area contributed by atoms with Gasteiger partial charge in [-0.2, -0.15) is 0 Å². The molecule has 4 heteroatoms. The van der Waals surface area contributed by atoms with Crippen molar-refractivity contribution < 1.29 is 0 Å². The maximum absolute atomic E-state index is 5.25. The number of aromatic nitrogens is 4. The number of hydrogen-bond donors (Lipinski definition) is 0. The fraction of sp³-hybridized carbons (Fsp3) is 0.0141. The molecule has 0 spiro atoms. The molecule has 10 aromatic carbocycles. The van der Waals surface area contributed by atoms with E-state index in [9.17, 15) is 0 Å². The minimum Gasteiger partial charge on any atom is -0.313 e. The van der Waals surface area contributed by atoms with E-state index in [0.29, 0.717) is 5.82 Å². The van der Waals surface area contributed by atoms with E-state index < -0.39 is 0 Å². The molecule has 75 heavy (non-hydrogen) atoms. The molecule has 0 radical (unpaired) electrons. The molecular weight excluding hydrogens is 909 g/mol. The van der Waals surface area contributed by atoms with Gasteiger partial charge in [-0.3, -0.25) is 0 Å². The van der Waals surface area contributed by atoms with Crippen molar-refractivity contribution in [2.45, 2.75) is 6.92 Å². The van der Waals surface area contributed by atoms with Crippen molar-refractivity contribution in [3.63, 3.8) is 0 Å². The predicted octanol–water partition coefficient (Wildman–Crippen LogP) is 18.7. The highest BCUT2D eigenvalue weighted by Gasteiger charge is 2.18. The van der Waals surface area contributed by atoms with E-state index >= 15 is 0 Å². The summed E-state index contributed by atoms with van der Waals surface area (Å²) < 4.78 is 4.77. The Morgan fingerprint density at radius 1 is 0.360 bits per heavy atom. The first-order valence-electron chi connectivity index (χ1n) is 25.5. The van der Waals surface area contributed by atoms with Crippen molar-refractivity contribution in [1.29, 1.82) is 0 Å². The largest absolute Gasteiger partial charge is 0.313 e. The second kappa shape index (κ2) is 19.3. The quantitative estimate of drug-likeness (QED) is 0.121. The first-order valence-corrected chi connectivity index (χ1v) is 25.5. The average Bonchev–Trinajstić information content (AvgIpc) is 4.01. The first-order chi connectivity index (χ1) is 37.0. The van der Waals surface area contributed by atoms with Crippen LogP contribution in [-0.2, 0) is 0 Å². The molecule has 354 valence electrons. The lowest BCUT2D eigenvalue weighted by molar-refractivity contribution is 1.18. The van der Waals surface area contributed by atoms with Gasteiger partial charge in [0.15, 0.2) is 5.82 Å². The maximum atomic E-state index is 5.25. The summed E-state index contributed by atoms with van der Waals surface area (Å²) in [6, 6.07) is 92.6. The number of hydrogen-bond acceptors (Lipinski definition) is 2. The van der Waals surface area contributed by atoms with Gasteiger partial charge in [-0.15, -0.1) is 0 Å².